The van der Waals surface area contributed by atoms with Gasteiger partial charge in [-0.1, -0.05) is 17.7 Å². The van der Waals surface area contributed by atoms with Crippen LogP contribution < -0.4 is 10.4 Å². The molecule has 0 saturated heterocycles. The Hall–Kier alpha value is -2.01. The lowest BCUT2D eigenvalue weighted by atomic mass is 10.2. The van der Waals surface area contributed by atoms with E-state index in [1.807, 2.05) is 6.92 Å². The van der Waals surface area contributed by atoms with E-state index in [0.29, 0.717) is 10.7 Å². The summed E-state index contributed by atoms with van der Waals surface area (Å²) in [4.78, 5) is 22.6. The van der Waals surface area contributed by atoms with Crippen molar-refractivity contribution in [3.05, 3.63) is 40.6 Å². The smallest absolute Gasteiger partial charge is 0.353 e. The van der Waals surface area contributed by atoms with Crippen LogP contribution in [0.2, 0.25) is 5.02 Å². The number of anilines is 1. The quantitative estimate of drug-likeness (QED) is 0.857. The van der Waals surface area contributed by atoms with E-state index in [1.165, 1.54) is 11.1 Å². The number of hydrazine groups is 1. The van der Waals surface area contributed by atoms with Gasteiger partial charge in [0.15, 0.2) is 0 Å². The minimum absolute atomic E-state index is 0.0219. The van der Waals surface area contributed by atoms with E-state index in [-0.39, 0.29) is 18.0 Å². The summed E-state index contributed by atoms with van der Waals surface area (Å²) < 4.78 is 0. The normalized spacial score (nSPS) is 15.1. The van der Waals surface area contributed by atoms with Crippen molar-refractivity contribution in [2.45, 2.75) is 13.3 Å². The molecule has 0 unspecified atom stereocenters. The summed E-state index contributed by atoms with van der Waals surface area (Å²) in [6, 6.07) is 5.09. The van der Waals surface area contributed by atoms with E-state index in [1.54, 1.807) is 18.2 Å². The first kappa shape index (κ1) is 12.4. The van der Waals surface area contributed by atoms with E-state index in [2.05, 4.69) is 5.43 Å². The highest BCUT2D eigenvalue weighted by Crippen LogP contribution is 2.24. The number of nitrogens with zero attached hydrogens (tertiary/aromatic N) is 1. The van der Waals surface area contributed by atoms with Crippen LogP contribution in [-0.2, 0) is 9.59 Å². The molecule has 1 aliphatic rings. The van der Waals surface area contributed by atoms with Crippen LogP contribution in [0.4, 0.5) is 5.69 Å². The fraction of sp³-hybridized carbons (Fsp3) is 0.167. The number of carboxylic acid groups (broad SMARTS) is 1. The van der Waals surface area contributed by atoms with Crippen LogP contribution in [-0.4, -0.2) is 17.0 Å². The first-order valence-electron chi connectivity index (χ1n) is 5.28. The second-order valence-corrected chi connectivity index (χ2v) is 4.31. The third kappa shape index (κ3) is 2.31. The molecule has 1 aromatic carbocycles. The van der Waals surface area contributed by atoms with Crippen LogP contribution in [0.25, 0.3) is 0 Å². The fourth-order valence-electron chi connectivity index (χ4n) is 1.57. The maximum atomic E-state index is 11.7. The molecule has 18 heavy (non-hydrogen) atoms. The van der Waals surface area contributed by atoms with Crippen LogP contribution >= 0.6 is 11.6 Å². The van der Waals surface area contributed by atoms with Crippen LogP contribution in [0.5, 0.6) is 0 Å². The molecule has 2 N–H and O–H groups in total. The second-order valence-electron chi connectivity index (χ2n) is 3.90. The topological polar surface area (TPSA) is 69.6 Å². The number of nitrogens with one attached hydrogen (secondary N) is 1. The molecule has 5 nitrogen and oxygen atoms in total. The molecular weight excluding hydrogens is 256 g/mol. The number of aliphatic carboxylic acids is 1. The largest absolute Gasteiger partial charge is 0.477 e. The maximum absolute atomic E-state index is 11.7. The van der Waals surface area contributed by atoms with Crippen LogP contribution in [0, 0.1) is 6.92 Å². The number of hydrogen-bond donors (Lipinski definition) is 2. The van der Waals surface area contributed by atoms with Crippen molar-refractivity contribution in [3.63, 3.8) is 0 Å². The monoisotopic (exact) mass is 266 g/mol. The Morgan fingerprint density at radius 2 is 2.22 bits per heavy atom. The highest BCUT2D eigenvalue weighted by molar-refractivity contribution is 6.31. The Bertz CT molecular complexity index is 554. The number of carbonyl (C=O) groups excluding carboxylic acids is 1. The Morgan fingerprint density at radius 3 is 2.83 bits per heavy atom. The molecule has 1 amide bonds. The predicted octanol–water partition coefficient (Wildman–Crippen LogP) is 1.86. The molecule has 0 bridgehead atoms. The van der Waals surface area contributed by atoms with Gasteiger partial charge in [-0.2, -0.15) is 0 Å². The molecule has 0 aliphatic carbocycles. The van der Waals surface area contributed by atoms with Gasteiger partial charge in [-0.15, -0.1) is 0 Å². The fourth-order valence-corrected chi connectivity index (χ4v) is 1.75. The molecule has 1 aliphatic heterocycles. The summed E-state index contributed by atoms with van der Waals surface area (Å²) in [6.07, 6.45) is 1.39. The number of carbonyl (C=O) groups is 2. The van der Waals surface area contributed by atoms with Gasteiger partial charge in [0, 0.05) is 11.4 Å². The zero-order valence-electron chi connectivity index (χ0n) is 9.61. The molecule has 6 heteroatoms. The summed E-state index contributed by atoms with van der Waals surface area (Å²) in [5.41, 5.74) is 3.93. The second kappa shape index (κ2) is 4.70. The van der Waals surface area contributed by atoms with Gasteiger partial charge in [0.25, 0.3) is 0 Å². The maximum Gasteiger partial charge on any atom is 0.353 e. The van der Waals surface area contributed by atoms with Crippen molar-refractivity contribution in [1.29, 1.82) is 0 Å². The third-order valence-corrected chi connectivity index (χ3v) is 3.01. The molecule has 0 aromatic heterocycles. The third-order valence-electron chi connectivity index (χ3n) is 2.61. The molecule has 1 aromatic rings. The number of hydrogen-bond acceptors (Lipinski definition) is 3. The van der Waals surface area contributed by atoms with Crippen molar-refractivity contribution in [1.82, 2.24) is 5.43 Å². The molecule has 0 spiro atoms. The Balaban J connectivity index is 2.32. The van der Waals surface area contributed by atoms with Gasteiger partial charge in [-0.25, -0.2) is 9.80 Å². The number of carboxylic acids is 1. The summed E-state index contributed by atoms with van der Waals surface area (Å²) in [5, 5.41) is 10.6. The van der Waals surface area contributed by atoms with Crippen molar-refractivity contribution < 1.29 is 14.7 Å². The molecule has 0 atom stereocenters. The van der Waals surface area contributed by atoms with E-state index in [9.17, 15) is 9.59 Å². The Labute approximate surface area is 109 Å². The molecule has 1 heterocycles. The predicted molar refractivity (Wildman–Crippen MR) is 67.1 cm³/mol. The highest BCUT2D eigenvalue weighted by atomic mass is 35.5. The molecule has 0 saturated carbocycles. The standard InChI is InChI=1S/C12H11ClN2O3/c1-7-2-3-8(6-9(7)13)15-11(16)5-4-10(14-15)12(17)18/h2-4,6,14H,5H2,1H3,(H,17,18). The zero-order valence-corrected chi connectivity index (χ0v) is 10.4. The molecule has 0 fully saturated rings. The Kier molecular flexibility index (Phi) is 3.25. The molecule has 0 radical (unpaired) electrons. The van der Waals surface area contributed by atoms with Gasteiger partial charge in [-0.05, 0) is 30.7 Å². The minimum atomic E-state index is -1.11. The van der Waals surface area contributed by atoms with E-state index >= 15 is 0 Å². The van der Waals surface area contributed by atoms with E-state index in [0.717, 1.165) is 5.56 Å². The first-order chi connectivity index (χ1) is 8.49. The summed E-state index contributed by atoms with van der Waals surface area (Å²) in [7, 11) is 0. The van der Waals surface area contributed by atoms with Crippen molar-refractivity contribution >= 4 is 29.2 Å². The number of benzene rings is 1. The molecule has 94 valence electrons. The van der Waals surface area contributed by atoms with Crippen LogP contribution in [0.15, 0.2) is 30.0 Å². The molecular formula is C12H11ClN2O3. The van der Waals surface area contributed by atoms with Gasteiger partial charge in [-0.3, -0.25) is 10.2 Å². The first-order valence-corrected chi connectivity index (χ1v) is 5.66. The summed E-state index contributed by atoms with van der Waals surface area (Å²) in [5.74, 6) is -1.34. The summed E-state index contributed by atoms with van der Waals surface area (Å²) >= 11 is 5.98. The van der Waals surface area contributed by atoms with Gasteiger partial charge in [0.1, 0.15) is 5.70 Å². The van der Waals surface area contributed by atoms with Crippen LogP contribution in [0.1, 0.15) is 12.0 Å². The average Bonchev–Trinajstić information content (AvgIpc) is 2.33. The zero-order chi connectivity index (χ0) is 13.3. The lowest BCUT2D eigenvalue weighted by molar-refractivity contribution is -0.133. The van der Waals surface area contributed by atoms with Gasteiger partial charge < -0.3 is 5.11 Å². The Morgan fingerprint density at radius 1 is 1.50 bits per heavy atom. The lowest BCUT2D eigenvalue weighted by Gasteiger charge is -2.27. The number of amides is 1. The van der Waals surface area contributed by atoms with Gasteiger partial charge >= 0.3 is 5.97 Å². The highest BCUT2D eigenvalue weighted by Gasteiger charge is 2.23. The number of rotatable bonds is 2. The van der Waals surface area contributed by atoms with E-state index in [4.69, 9.17) is 16.7 Å². The summed E-state index contributed by atoms with van der Waals surface area (Å²) in [6.45, 7) is 1.85. The number of halogens is 1. The van der Waals surface area contributed by atoms with E-state index < -0.39 is 5.97 Å². The van der Waals surface area contributed by atoms with Gasteiger partial charge in [0.05, 0.1) is 5.69 Å². The molecule has 2 rings (SSSR count). The average molecular weight is 267 g/mol. The lowest BCUT2D eigenvalue weighted by Crippen LogP contribution is -2.46. The number of aryl methyl sites for hydroxylation is 1. The SMILES string of the molecule is Cc1ccc(N2NC(C(=O)O)=CCC2=O)cc1Cl. The van der Waals surface area contributed by atoms with Crippen molar-refractivity contribution in [2.75, 3.05) is 5.01 Å². The van der Waals surface area contributed by atoms with Crippen molar-refractivity contribution in [3.8, 4) is 0 Å². The van der Waals surface area contributed by atoms with Gasteiger partial charge in [0.2, 0.25) is 5.91 Å². The van der Waals surface area contributed by atoms with Crippen LogP contribution in [0.3, 0.4) is 0 Å². The van der Waals surface area contributed by atoms with Crippen molar-refractivity contribution in [2.24, 2.45) is 0 Å². The minimum Gasteiger partial charge on any atom is -0.477 e.